The van der Waals surface area contributed by atoms with Gasteiger partial charge in [-0.3, -0.25) is 10.1 Å². The lowest BCUT2D eigenvalue weighted by Gasteiger charge is -2.10. The average molecular weight is 300 g/mol. The van der Waals surface area contributed by atoms with Gasteiger partial charge in [0.25, 0.3) is 5.69 Å². The first kappa shape index (κ1) is 15.5. The van der Waals surface area contributed by atoms with Gasteiger partial charge in [-0.25, -0.2) is 4.79 Å². The molecule has 6 heteroatoms. The Morgan fingerprint density at radius 2 is 1.82 bits per heavy atom. The number of benzene rings is 2. The highest BCUT2D eigenvalue weighted by atomic mass is 16.6. The predicted octanol–water partition coefficient (Wildman–Crippen LogP) is 4.16. The zero-order chi connectivity index (χ0) is 16.3. The molecule has 2 N–H and O–H groups in total. The predicted molar refractivity (Wildman–Crippen MR) is 83.9 cm³/mol. The van der Waals surface area contributed by atoms with Gasteiger partial charge in [0.15, 0.2) is 0 Å². The van der Waals surface area contributed by atoms with Gasteiger partial charge in [-0.05, 0) is 35.7 Å². The van der Waals surface area contributed by atoms with Gasteiger partial charge in [-0.1, -0.05) is 26.0 Å². The molecule has 0 amide bonds. The monoisotopic (exact) mass is 300 g/mol. The summed E-state index contributed by atoms with van der Waals surface area (Å²) in [7, 11) is 0. The van der Waals surface area contributed by atoms with Crippen molar-refractivity contribution in [3.05, 3.63) is 63.7 Å². The fraction of sp³-hybridized carbons (Fsp3) is 0.188. The second kappa shape index (κ2) is 6.26. The van der Waals surface area contributed by atoms with Crippen LogP contribution in [0.15, 0.2) is 42.5 Å². The molecule has 2 aromatic carbocycles. The number of aromatic carboxylic acids is 1. The van der Waals surface area contributed by atoms with E-state index >= 15 is 0 Å². The van der Waals surface area contributed by atoms with E-state index in [9.17, 15) is 14.9 Å². The molecule has 0 bridgehead atoms. The third-order valence-corrected chi connectivity index (χ3v) is 3.30. The van der Waals surface area contributed by atoms with Crippen LogP contribution in [-0.2, 0) is 0 Å². The minimum atomic E-state index is -1.13. The molecule has 0 atom stereocenters. The highest BCUT2D eigenvalue weighted by Crippen LogP contribution is 2.29. The van der Waals surface area contributed by atoms with Crippen molar-refractivity contribution in [2.24, 2.45) is 0 Å². The van der Waals surface area contributed by atoms with Crippen molar-refractivity contribution >= 4 is 23.0 Å². The van der Waals surface area contributed by atoms with Crippen LogP contribution < -0.4 is 5.32 Å². The van der Waals surface area contributed by atoms with Gasteiger partial charge in [-0.2, -0.15) is 0 Å². The van der Waals surface area contributed by atoms with E-state index < -0.39 is 10.9 Å². The van der Waals surface area contributed by atoms with E-state index in [1.54, 1.807) is 0 Å². The summed E-state index contributed by atoms with van der Waals surface area (Å²) in [5.74, 6) is -0.744. The van der Waals surface area contributed by atoms with Crippen molar-refractivity contribution in [1.82, 2.24) is 0 Å². The molecule has 2 rings (SSSR count). The molecule has 2 aromatic rings. The summed E-state index contributed by atoms with van der Waals surface area (Å²) in [5.41, 5.74) is 1.79. The number of carboxylic acid groups (broad SMARTS) is 1. The third-order valence-electron chi connectivity index (χ3n) is 3.30. The minimum Gasteiger partial charge on any atom is -0.478 e. The van der Waals surface area contributed by atoms with Gasteiger partial charge < -0.3 is 10.4 Å². The van der Waals surface area contributed by atoms with Crippen LogP contribution in [0.4, 0.5) is 17.1 Å². The summed E-state index contributed by atoms with van der Waals surface area (Å²) in [5, 5.41) is 23.0. The van der Waals surface area contributed by atoms with E-state index in [1.165, 1.54) is 18.2 Å². The highest BCUT2D eigenvalue weighted by Gasteiger charge is 2.16. The maximum absolute atomic E-state index is 11.1. The van der Waals surface area contributed by atoms with Crippen molar-refractivity contribution in [2.45, 2.75) is 19.8 Å². The lowest BCUT2D eigenvalue weighted by molar-refractivity contribution is -0.383. The number of rotatable bonds is 5. The van der Waals surface area contributed by atoms with Crippen LogP contribution in [0.3, 0.4) is 0 Å². The molecule has 0 saturated carbocycles. The first-order valence-electron chi connectivity index (χ1n) is 6.77. The van der Waals surface area contributed by atoms with E-state index in [-0.39, 0.29) is 16.9 Å². The van der Waals surface area contributed by atoms with Crippen molar-refractivity contribution in [3.63, 3.8) is 0 Å². The fourth-order valence-corrected chi connectivity index (χ4v) is 2.04. The molecular formula is C16H16N2O4. The number of carbonyl (C=O) groups is 1. The lowest BCUT2D eigenvalue weighted by atomic mass is 10.0. The molecule has 0 aromatic heterocycles. The van der Waals surface area contributed by atoms with Gasteiger partial charge in [-0.15, -0.1) is 0 Å². The SMILES string of the molecule is CC(C)c1ccc(Nc2cc(C(=O)O)ccc2[N+](=O)[O-])cc1. The number of nitrogens with one attached hydrogen (secondary N) is 1. The number of hydrogen-bond donors (Lipinski definition) is 2. The van der Waals surface area contributed by atoms with Crippen LogP contribution in [0.25, 0.3) is 0 Å². The van der Waals surface area contributed by atoms with E-state index in [4.69, 9.17) is 5.11 Å². The third kappa shape index (κ3) is 3.41. The maximum Gasteiger partial charge on any atom is 0.335 e. The molecule has 0 aliphatic heterocycles. The topological polar surface area (TPSA) is 92.5 Å². The quantitative estimate of drug-likeness (QED) is 0.639. The van der Waals surface area contributed by atoms with Crippen molar-refractivity contribution in [1.29, 1.82) is 0 Å². The summed E-state index contributed by atoms with van der Waals surface area (Å²) < 4.78 is 0. The van der Waals surface area contributed by atoms with E-state index in [0.717, 1.165) is 5.56 Å². The first-order valence-corrected chi connectivity index (χ1v) is 6.77. The number of carboxylic acids is 1. The standard InChI is InChI=1S/C16H16N2O4/c1-10(2)11-3-6-13(7-4-11)17-14-9-12(16(19)20)5-8-15(14)18(21)22/h3-10,17H,1-2H3,(H,19,20). The van der Waals surface area contributed by atoms with E-state index in [2.05, 4.69) is 19.2 Å². The first-order chi connectivity index (χ1) is 10.4. The largest absolute Gasteiger partial charge is 0.478 e. The van der Waals surface area contributed by atoms with Crippen LogP contribution >= 0.6 is 0 Å². The van der Waals surface area contributed by atoms with Crippen LogP contribution in [0, 0.1) is 10.1 Å². The van der Waals surface area contributed by atoms with Crippen LogP contribution in [-0.4, -0.2) is 16.0 Å². The van der Waals surface area contributed by atoms with Crippen LogP contribution in [0.1, 0.15) is 35.7 Å². The molecule has 0 fully saturated rings. The molecule has 0 spiro atoms. The lowest BCUT2D eigenvalue weighted by Crippen LogP contribution is -2.02. The van der Waals surface area contributed by atoms with Gasteiger partial charge in [0, 0.05) is 11.8 Å². The number of nitro benzene ring substituents is 1. The molecule has 0 unspecified atom stereocenters. The summed E-state index contributed by atoms with van der Waals surface area (Å²) in [6, 6.07) is 11.2. The normalized spacial score (nSPS) is 10.5. The fourth-order valence-electron chi connectivity index (χ4n) is 2.04. The average Bonchev–Trinajstić information content (AvgIpc) is 2.47. The number of nitro groups is 1. The van der Waals surface area contributed by atoms with Crippen LogP contribution in [0.2, 0.25) is 0 Å². The van der Waals surface area contributed by atoms with Gasteiger partial charge in [0.05, 0.1) is 10.5 Å². The molecule has 0 heterocycles. The second-order valence-electron chi connectivity index (χ2n) is 5.20. The van der Waals surface area contributed by atoms with Crippen molar-refractivity contribution in [3.8, 4) is 0 Å². The summed E-state index contributed by atoms with van der Waals surface area (Å²) >= 11 is 0. The number of anilines is 2. The molecule has 22 heavy (non-hydrogen) atoms. The summed E-state index contributed by atoms with van der Waals surface area (Å²) in [6.07, 6.45) is 0. The Labute approximate surface area is 127 Å². The van der Waals surface area contributed by atoms with Gasteiger partial charge in [0.2, 0.25) is 0 Å². The highest BCUT2D eigenvalue weighted by molar-refractivity contribution is 5.90. The molecule has 0 saturated heterocycles. The van der Waals surface area contributed by atoms with Crippen molar-refractivity contribution in [2.75, 3.05) is 5.32 Å². The summed E-state index contributed by atoms with van der Waals surface area (Å²) in [4.78, 5) is 21.5. The zero-order valence-corrected chi connectivity index (χ0v) is 12.2. The minimum absolute atomic E-state index is 0.00750. The maximum atomic E-state index is 11.1. The Morgan fingerprint density at radius 3 is 2.32 bits per heavy atom. The summed E-state index contributed by atoms with van der Waals surface area (Å²) in [6.45, 7) is 4.15. The zero-order valence-electron chi connectivity index (χ0n) is 12.2. The Bertz CT molecular complexity index is 709. The smallest absolute Gasteiger partial charge is 0.335 e. The molecule has 6 nitrogen and oxygen atoms in total. The van der Waals surface area contributed by atoms with E-state index in [1.807, 2.05) is 24.3 Å². The molecule has 0 radical (unpaired) electrons. The molecule has 0 aliphatic carbocycles. The molecule has 114 valence electrons. The Morgan fingerprint density at radius 1 is 1.18 bits per heavy atom. The van der Waals surface area contributed by atoms with Gasteiger partial charge in [0.1, 0.15) is 5.69 Å². The van der Waals surface area contributed by atoms with E-state index in [0.29, 0.717) is 11.6 Å². The van der Waals surface area contributed by atoms with Gasteiger partial charge >= 0.3 is 5.97 Å². The molecule has 0 aliphatic rings. The van der Waals surface area contributed by atoms with Crippen molar-refractivity contribution < 1.29 is 14.8 Å². The molecular weight excluding hydrogens is 284 g/mol. The van der Waals surface area contributed by atoms with Crippen LogP contribution in [0.5, 0.6) is 0 Å². The Balaban J connectivity index is 2.36. The Kier molecular flexibility index (Phi) is 4.41. The number of nitrogens with zero attached hydrogens (tertiary/aromatic N) is 1. The Hall–Kier alpha value is -2.89. The second-order valence-corrected chi connectivity index (χ2v) is 5.20. The number of hydrogen-bond acceptors (Lipinski definition) is 4.